The molecule has 1 aliphatic carbocycles. The molecule has 1 aromatic heterocycles. The molecule has 0 bridgehead atoms. The zero-order chi connectivity index (χ0) is 9.97. The number of nitrogens with one attached hydrogen (secondary N) is 1. The summed E-state index contributed by atoms with van der Waals surface area (Å²) in [4.78, 5) is 5.49. The number of nitrogens with zero attached hydrogens (tertiary/aromatic N) is 1. The van der Waals surface area contributed by atoms with Crippen LogP contribution in [-0.2, 0) is 6.54 Å². The predicted octanol–water partition coefficient (Wildman–Crippen LogP) is 1.31. The van der Waals surface area contributed by atoms with Gasteiger partial charge in [-0.3, -0.25) is 0 Å². The van der Waals surface area contributed by atoms with Gasteiger partial charge < -0.3 is 10.4 Å². The van der Waals surface area contributed by atoms with Crippen molar-refractivity contribution in [2.45, 2.75) is 32.4 Å². The van der Waals surface area contributed by atoms with Crippen molar-refractivity contribution in [2.24, 2.45) is 5.92 Å². The Hall–Kier alpha value is -0.450. The van der Waals surface area contributed by atoms with E-state index < -0.39 is 0 Å². The third-order valence-electron chi connectivity index (χ3n) is 2.61. The summed E-state index contributed by atoms with van der Waals surface area (Å²) in [5.74, 6) is 0.680. The van der Waals surface area contributed by atoms with Crippen molar-refractivity contribution in [3.05, 3.63) is 16.1 Å². The third kappa shape index (κ3) is 2.53. The molecule has 1 heterocycles. The standard InChI is InChI=1S/C10H16N2OS/c1-7-12-6-10(14-7)5-11-4-8-2-9(13)3-8/h6,8-9,11,13H,2-5H2,1H3. The molecule has 3 nitrogen and oxygen atoms in total. The molecule has 1 aromatic rings. The number of aliphatic hydroxyl groups excluding tert-OH is 1. The fourth-order valence-corrected chi connectivity index (χ4v) is 2.52. The van der Waals surface area contributed by atoms with E-state index in [1.54, 1.807) is 11.3 Å². The molecule has 2 rings (SSSR count). The molecule has 14 heavy (non-hydrogen) atoms. The molecule has 1 fully saturated rings. The van der Waals surface area contributed by atoms with Crippen LogP contribution in [0.1, 0.15) is 22.7 Å². The van der Waals surface area contributed by atoms with E-state index >= 15 is 0 Å². The normalized spacial score (nSPS) is 26.1. The highest BCUT2D eigenvalue weighted by Crippen LogP contribution is 2.26. The summed E-state index contributed by atoms with van der Waals surface area (Å²) in [6, 6.07) is 0. The van der Waals surface area contributed by atoms with Crippen LogP contribution in [0.3, 0.4) is 0 Å². The van der Waals surface area contributed by atoms with Gasteiger partial charge in [0.05, 0.1) is 11.1 Å². The Kier molecular flexibility index (Phi) is 3.15. The fourth-order valence-electron chi connectivity index (χ4n) is 1.75. The molecule has 2 N–H and O–H groups in total. The fraction of sp³-hybridized carbons (Fsp3) is 0.700. The first-order valence-electron chi connectivity index (χ1n) is 5.04. The summed E-state index contributed by atoms with van der Waals surface area (Å²) < 4.78 is 0. The molecule has 1 saturated carbocycles. The van der Waals surface area contributed by atoms with Crippen LogP contribution < -0.4 is 5.32 Å². The Morgan fingerprint density at radius 1 is 1.64 bits per heavy atom. The van der Waals surface area contributed by atoms with E-state index in [2.05, 4.69) is 10.3 Å². The quantitative estimate of drug-likeness (QED) is 0.791. The lowest BCUT2D eigenvalue weighted by Gasteiger charge is -2.31. The number of hydrogen-bond acceptors (Lipinski definition) is 4. The topological polar surface area (TPSA) is 45.2 Å². The maximum Gasteiger partial charge on any atom is 0.0897 e. The highest BCUT2D eigenvalue weighted by molar-refractivity contribution is 7.11. The number of hydrogen-bond donors (Lipinski definition) is 2. The highest BCUT2D eigenvalue weighted by atomic mass is 32.1. The Balaban J connectivity index is 1.63. The Bertz CT molecular complexity index is 294. The van der Waals surface area contributed by atoms with Crippen LogP contribution >= 0.6 is 11.3 Å². The SMILES string of the molecule is Cc1ncc(CNCC2CC(O)C2)s1. The molecule has 78 valence electrons. The molecule has 0 aliphatic heterocycles. The van der Waals surface area contributed by atoms with E-state index in [9.17, 15) is 0 Å². The van der Waals surface area contributed by atoms with Crippen LogP contribution in [0.15, 0.2) is 6.20 Å². The average molecular weight is 212 g/mol. The van der Waals surface area contributed by atoms with Gasteiger partial charge >= 0.3 is 0 Å². The molecule has 0 radical (unpaired) electrons. The van der Waals surface area contributed by atoms with E-state index in [-0.39, 0.29) is 6.10 Å². The monoisotopic (exact) mass is 212 g/mol. The van der Waals surface area contributed by atoms with Crippen LogP contribution in [0.4, 0.5) is 0 Å². The number of rotatable bonds is 4. The van der Waals surface area contributed by atoms with Crippen molar-refractivity contribution in [2.75, 3.05) is 6.54 Å². The van der Waals surface area contributed by atoms with Gasteiger partial charge in [-0.2, -0.15) is 0 Å². The van der Waals surface area contributed by atoms with Crippen molar-refractivity contribution < 1.29 is 5.11 Å². The minimum absolute atomic E-state index is 0.0348. The second-order valence-electron chi connectivity index (χ2n) is 3.97. The van der Waals surface area contributed by atoms with Crippen LogP contribution in [0.25, 0.3) is 0 Å². The Labute approximate surface area is 88.2 Å². The molecule has 0 atom stereocenters. The average Bonchev–Trinajstić information content (AvgIpc) is 2.48. The largest absolute Gasteiger partial charge is 0.393 e. The lowest BCUT2D eigenvalue weighted by Crippen LogP contribution is -2.35. The van der Waals surface area contributed by atoms with Crippen LogP contribution in [0, 0.1) is 12.8 Å². The van der Waals surface area contributed by atoms with E-state index in [0.717, 1.165) is 30.9 Å². The molecular formula is C10H16N2OS. The van der Waals surface area contributed by atoms with Crippen LogP contribution in [-0.4, -0.2) is 22.7 Å². The van der Waals surface area contributed by atoms with Crippen molar-refractivity contribution in [3.8, 4) is 0 Å². The zero-order valence-electron chi connectivity index (χ0n) is 8.36. The van der Waals surface area contributed by atoms with Gasteiger partial charge in [0.25, 0.3) is 0 Å². The molecule has 0 saturated heterocycles. The summed E-state index contributed by atoms with van der Waals surface area (Å²) in [7, 11) is 0. The highest BCUT2D eigenvalue weighted by Gasteiger charge is 2.26. The smallest absolute Gasteiger partial charge is 0.0897 e. The van der Waals surface area contributed by atoms with E-state index in [1.807, 2.05) is 13.1 Å². The molecule has 1 aliphatic rings. The van der Waals surface area contributed by atoms with E-state index in [1.165, 1.54) is 4.88 Å². The maximum atomic E-state index is 9.10. The number of thiazole rings is 1. The lowest BCUT2D eigenvalue weighted by molar-refractivity contribution is 0.0430. The number of aromatic nitrogens is 1. The van der Waals surface area contributed by atoms with Gasteiger partial charge in [0.1, 0.15) is 0 Å². The molecule has 4 heteroatoms. The zero-order valence-corrected chi connectivity index (χ0v) is 9.18. The van der Waals surface area contributed by atoms with Crippen molar-refractivity contribution in [1.82, 2.24) is 10.3 Å². The Morgan fingerprint density at radius 3 is 3.00 bits per heavy atom. The van der Waals surface area contributed by atoms with Gasteiger partial charge in [-0.1, -0.05) is 0 Å². The first kappa shape index (κ1) is 10.1. The third-order valence-corrected chi connectivity index (χ3v) is 3.52. The van der Waals surface area contributed by atoms with Crippen molar-refractivity contribution >= 4 is 11.3 Å². The van der Waals surface area contributed by atoms with Gasteiger partial charge in [0, 0.05) is 17.6 Å². The van der Waals surface area contributed by atoms with Gasteiger partial charge in [0.15, 0.2) is 0 Å². The van der Waals surface area contributed by atoms with E-state index in [4.69, 9.17) is 5.11 Å². The lowest BCUT2D eigenvalue weighted by atomic mass is 9.82. The van der Waals surface area contributed by atoms with Gasteiger partial charge in [-0.15, -0.1) is 11.3 Å². The van der Waals surface area contributed by atoms with Crippen molar-refractivity contribution in [1.29, 1.82) is 0 Å². The second-order valence-corrected chi connectivity index (χ2v) is 5.29. The summed E-state index contributed by atoms with van der Waals surface area (Å²) in [5.41, 5.74) is 0. The molecule has 0 unspecified atom stereocenters. The van der Waals surface area contributed by atoms with Gasteiger partial charge in [0.2, 0.25) is 0 Å². The van der Waals surface area contributed by atoms with Crippen molar-refractivity contribution in [3.63, 3.8) is 0 Å². The minimum Gasteiger partial charge on any atom is -0.393 e. The van der Waals surface area contributed by atoms with Gasteiger partial charge in [-0.05, 0) is 32.2 Å². The maximum absolute atomic E-state index is 9.10. The number of aliphatic hydroxyl groups is 1. The van der Waals surface area contributed by atoms with Crippen LogP contribution in [0.5, 0.6) is 0 Å². The predicted molar refractivity (Wildman–Crippen MR) is 57.3 cm³/mol. The summed E-state index contributed by atoms with van der Waals surface area (Å²) >= 11 is 1.74. The summed E-state index contributed by atoms with van der Waals surface area (Å²) in [5, 5.41) is 13.6. The summed E-state index contributed by atoms with van der Waals surface area (Å²) in [6.45, 7) is 3.96. The summed E-state index contributed by atoms with van der Waals surface area (Å²) in [6.07, 6.45) is 3.83. The minimum atomic E-state index is -0.0348. The molecular weight excluding hydrogens is 196 g/mol. The van der Waals surface area contributed by atoms with E-state index in [0.29, 0.717) is 5.92 Å². The van der Waals surface area contributed by atoms with Crippen LogP contribution in [0.2, 0.25) is 0 Å². The number of aryl methyl sites for hydroxylation is 1. The Morgan fingerprint density at radius 2 is 2.43 bits per heavy atom. The molecule has 0 aromatic carbocycles. The first-order valence-corrected chi connectivity index (χ1v) is 5.86. The second kappa shape index (κ2) is 4.38. The van der Waals surface area contributed by atoms with Gasteiger partial charge in [-0.25, -0.2) is 4.98 Å². The molecule has 0 amide bonds. The first-order chi connectivity index (χ1) is 6.74. The molecule has 0 spiro atoms.